The lowest BCUT2D eigenvalue weighted by atomic mass is 9.83. The number of amides is 2. The van der Waals surface area contributed by atoms with Crippen molar-refractivity contribution in [2.45, 2.75) is 57.9 Å². The molecule has 6 nitrogen and oxygen atoms in total. The summed E-state index contributed by atoms with van der Waals surface area (Å²) in [4.78, 5) is 37.2. The molecule has 3 fully saturated rings. The maximum Gasteiger partial charge on any atom is 0.272 e. The van der Waals surface area contributed by atoms with Crippen LogP contribution in [0.3, 0.4) is 0 Å². The Morgan fingerprint density at radius 3 is 2.55 bits per heavy atom. The molecule has 2 saturated heterocycles. The Kier molecular flexibility index (Phi) is 6.48. The van der Waals surface area contributed by atoms with Crippen LogP contribution in [0.1, 0.15) is 61.1 Å². The van der Waals surface area contributed by atoms with Crippen LogP contribution in [0.4, 0.5) is 0 Å². The van der Waals surface area contributed by atoms with Crippen LogP contribution in [0.5, 0.6) is 0 Å². The molecule has 1 aliphatic carbocycles. The Morgan fingerprint density at radius 2 is 1.86 bits per heavy atom. The Morgan fingerprint density at radius 1 is 1.07 bits per heavy atom. The number of nitrogens with zero attached hydrogens (tertiary/aromatic N) is 4. The average molecular weight is 399 g/mol. The van der Waals surface area contributed by atoms with E-state index in [0.717, 1.165) is 64.1 Å². The molecule has 3 aliphatic rings. The van der Waals surface area contributed by atoms with Gasteiger partial charge in [-0.2, -0.15) is 0 Å². The lowest BCUT2D eigenvalue weighted by Crippen LogP contribution is -2.55. The summed E-state index contributed by atoms with van der Waals surface area (Å²) in [7, 11) is 0. The molecule has 1 aromatic rings. The van der Waals surface area contributed by atoms with Gasteiger partial charge < -0.3 is 14.7 Å². The van der Waals surface area contributed by atoms with Gasteiger partial charge in [-0.3, -0.25) is 9.59 Å². The average Bonchev–Trinajstić information content (AvgIpc) is 3.20. The van der Waals surface area contributed by atoms with Crippen LogP contribution in [0, 0.1) is 12.8 Å². The predicted molar refractivity (Wildman–Crippen MR) is 113 cm³/mol. The third kappa shape index (κ3) is 4.80. The van der Waals surface area contributed by atoms with Gasteiger partial charge in [0.1, 0.15) is 5.69 Å². The highest BCUT2D eigenvalue weighted by atomic mass is 16.2. The zero-order valence-corrected chi connectivity index (χ0v) is 17.7. The summed E-state index contributed by atoms with van der Waals surface area (Å²) in [6, 6.07) is 5.73. The van der Waals surface area contributed by atoms with E-state index in [2.05, 4.69) is 14.8 Å². The number of aromatic nitrogens is 1. The van der Waals surface area contributed by atoms with Gasteiger partial charge in [-0.15, -0.1) is 0 Å². The molecule has 3 heterocycles. The normalized spacial score (nSPS) is 23.1. The van der Waals surface area contributed by atoms with Gasteiger partial charge in [0.05, 0.1) is 0 Å². The Hall–Kier alpha value is -1.95. The maximum absolute atomic E-state index is 13.2. The summed E-state index contributed by atoms with van der Waals surface area (Å²) in [6.45, 7) is 7.36. The van der Waals surface area contributed by atoms with Gasteiger partial charge in [0.25, 0.3) is 5.91 Å². The van der Waals surface area contributed by atoms with Crippen LogP contribution >= 0.6 is 0 Å². The summed E-state index contributed by atoms with van der Waals surface area (Å²) in [5.74, 6) is 0.524. The van der Waals surface area contributed by atoms with Crippen molar-refractivity contribution in [3.8, 4) is 0 Å². The van der Waals surface area contributed by atoms with E-state index >= 15 is 0 Å². The van der Waals surface area contributed by atoms with Crippen LogP contribution in [0.2, 0.25) is 0 Å². The van der Waals surface area contributed by atoms with Crippen LogP contribution in [0.25, 0.3) is 0 Å². The van der Waals surface area contributed by atoms with Gasteiger partial charge in [0, 0.05) is 43.8 Å². The van der Waals surface area contributed by atoms with Gasteiger partial charge in [-0.1, -0.05) is 12.5 Å². The van der Waals surface area contributed by atoms with Crippen LogP contribution in [-0.4, -0.2) is 76.8 Å². The topological polar surface area (TPSA) is 56.8 Å². The molecular weight excluding hydrogens is 364 g/mol. The summed E-state index contributed by atoms with van der Waals surface area (Å²) >= 11 is 0. The number of carbonyl (C=O) groups excluding carboxylic acids is 2. The van der Waals surface area contributed by atoms with Crippen molar-refractivity contribution in [2.24, 2.45) is 5.92 Å². The number of pyridine rings is 1. The third-order valence-corrected chi connectivity index (χ3v) is 6.83. The van der Waals surface area contributed by atoms with Crippen molar-refractivity contribution in [1.82, 2.24) is 19.7 Å². The number of aryl methyl sites for hydroxylation is 1. The van der Waals surface area contributed by atoms with Gasteiger partial charge >= 0.3 is 0 Å². The molecule has 1 atom stereocenters. The zero-order chi connectivity index (χ0) is 20.2. The van der Waals surface area contributed by atoms with Crippen molar-refractivity contribution in [3.63, 3.8) is 0 Å². The fourth-order valence-corrected chi connectivity index (χ4v) is 4.84. The molecule has 29 heavy (non-hydrogen) atoms. The second-order valence-corrected chi connectivity index (χ2v) is 8.92. The second kappa shape index (κ2) is 9.24. The van der Waals surface area contributed by atoms with Crippen molar-refractivity contribution < 1.29 is 9.59 Å². The monoisotopic (exact) mass is 398 g/mol. The van der Waals surface area contributed by atoms with Crippen molar-refractivity contribution in [1.29, 1.82) is 0 Å². The van der Waals surface area contributed by atoms with E-state index in [-0.39, 0.29) is 17.9 Å². The van der Waals surface area contributed by atoms with E-state index in [0.29, 0.717) is 18.1 Å². The fraction of sp³-hybridized carbons (Fsp3) is 0.696. The van der Waals surface area contributed by atoms with Gasteiger partial charge in [-0.05, 0) is 70.7 Å². The van der Waals surface area contributed by atoms with Crippen molar-refractivity contribution in [2.75, 3.05) is 39.3 Å². The molecule has 2 aliphatic heterocycles. The fourth-order valence-electron chi connectivity index (χ4n) is 4.84. The Labute approximate surface area is 174 Å². The first-order valence-corrected chi connectivity index (χ1v) is 11.4. The van der Waals surface area contributed by atoms with E-state index in [4.69, 9.17) is 0 Å². The quantitative estimate of drug-likeness (QED) is 0.739. The van der Waals surface area contributed by atoms with Crippen LogP contribution < -0.4 is 0 Å². The smallest absolute Gasteiger partial charge is 0.272 e. The Balaban J connectivity index is 1.44. The van der Waals surface area contributed by atoms with E-state index in [1.807, 2.05) is 24.0 Å². The van der Waals surface area contributed by atoms with E-state index < -0.39 is 0 Å². The molecular formula is C23H34N4O2. The summed E-state index contributed by atoms with van der Waals surface area (Å²) in [6.07, 6.45) is 7.70. The minimum atomic E-state index is -0.00557. The number of hydrogen-bond donors (Lipinski definition) is 0. The zero-order valence-electron chi connectivity index (χ0n) is 17.7. The van der Waals surface area contributed by atoms with E-state index in [1.165, 1.54) is 19.3 Å². The lowest BCUT2D eigenvalue weighted by Gasteiger charge is -2.42. The molecule has 1 saturated carbocycles. The molecule has 2 amide bonds. The number of hydrogen-bond acceptors (Lipinski definition) is 4. The maximum atomic E-state index is 13.2. The SMILES string of the molecule is Cc1cccc(C(=O)N2CCCC(N(CCN3CCCC3)C(=O)C3CCC3)C2)n1. The number of likely N-dealkylation sites (tertiary alicyclic amines) is 2. The largest absolute Gasteiger partial charge is 0.336 e. The lowest BCUT2D eigenvalue weighted by molar-refractivity contribution is -0.141. The molecule has 4 rings (SSSR count). The molecule has 0 radical (unpaired) electrons. The van der Waals surface area contributed by atoms with Gasteiger partial charge in [-0.25, -0.2) is 4.98 Å². The summed E-state index contributed by atoms with van der Waals surface area (Å²) in [5, 5.41) is 0. The first-order valence-electron chi connectivity index (χ1n) is 11.4. The standard InChI is InChI=1S/C23H34N4O2/c1-18-7-4-11-21(24-18)23(29)26-14-6-10-20(17-26)27(22(28)19-8-5-9-19)16-15-25-12-2-3-13-25/h4,7,11,19-20H,2-3,5-6,8-10,12-17H2,1H3. The van der Waals surface area contributed by atoms with Gasteiger partial charge in [0.2, 0.25) is 5.91 Å². The Bertz CT molecular complexity index is 727. The highest BCUT2D eigenvalue weighted by molar-refractivity contribution is 5.92. The van der Waals surface area contributed by atoms with Crippen LogP contribution in [0.15, 0.2) is 18.2 Å². The molecule has 0 bridgehead atoms. The molecule has 0 N–H and O–H groups in total. The van der Waals surface area contributed by atoms with Crippen LogP contribution in [-0.2, 0) is 4.79 Å². The first kappa shape index (κ1) is 20.3. The molecule has 0 spiro atoms. The predicted octanol–water partition coefficient (Wildman–Crippen LogP) is 2.72. The van der Waals surface area contributed by atoms with Gasteiger partial charge in [0.15, 0.2) is 0 Å². The highest BCUT2D eigenvalue weighted by Crippen LogP contribution is 2.30. The number of piperidine rings is 1. The van der Waals surface area contributed by atoms with Crippen molar-refractivity contribution >= 4 is 11.8 Å². The molecule has 6 heteroatoms. The molecule has 1 aromatic heterocycles. The van der Waals surface area contributed by atoms with E-state index in [9.17, 15) is 9.59 Å². The van der Waals surface area contributed by atoms with E-state index in [1.54, 1.807) is 6.07 Å². The minimum Gasteiger partial charge on any atom is -0.336 e. The summed E-state index contributed by atoms with van der Waals surface area (Å²) in [5.41, 5.74) is 1.37. The molecule has 1 unspecified atom stereocenters. The number of rotatable bonds is 6. The third-order valence-electron chi connectivity index (χ3n) is 6.83. The summed E-state index contributed by atoms with van der Waals surface area (Å²) < 4.78 is 0. The molecule has 0 aromatic carbocycles. The minimum absolute atomic E-state index is 0.00557. The number of carbonyl (C=O) groups is 2. The van der Waals surface area contributed by atoms with Crippen molar-refractivity contribution in [3.05, 3.63) is 29.6 Å². The first-order chi connectivity index (χ1) is 14.1. The highest BCUT2D eigenvalue weighted by Gasteiger charge is 2.36. The second-order valence-electron chi connectivity index (χ2n) is 8.92. The molecule has 158 valence electrons.